The van der Waals surface area contributed by atoms with Crippen molar-refractivity contribution in [3.05, 3.63) is 48.8 Å². The average Bonchev–Trinajstić information content (AvgIpc) is 3.03. The number of aromatic nitrogens is 4. The van der Waals surface area contributed by atoms with Gasteiger partial charge in [-0.15, -0.1) is 0 Å². The van der Waals surface area contributed by atoms with E-state index in [1.165, 1.54) is 0 Å². The van der Waals surface area contributed by atoms with Crippen LogP contribution in [0, 0.1) is 17.3 Å². The number of hydrogen-bond acceptors (Lipinski definition) is 5. The monoisotopic (exact) mass is 377 g/mol. The summed E-state index contributed by atoms with van der Waals surface area (Å²) in [7, 11) is 0. The van der Waals surface area contributed by atoms with Crippen LogP contribution >= 0.6 is 0 Å². The number of benzene rings is 1. The lowest BCUT2D eigenvalue weighted by atomic mass is 10.1. The van der Waals surface area contributed by atoms with Crippen LogP contribution in [0.1, 0.15) is 13.8 Å². The molecule has 8 nitrogen and oxygen atoms in total. The molecular weight excluding hydrogens is 358 g/mol. The van der Waals surface area contributed by atoms with Crippen LogP contribution in [0.5, 0.6) is 0 Å². The minimum absolute atomic E-state index is 0.275. The van der Waals surface area contributed by atoms with Crippen LogP contribution in [0.3, 0.4) is 0 Å². The van der Waals surface area contributed by atoms with Gasteiger partial charge in [-0.05, 0) is 41.8 Å². The standard InChI is InChI=1S/C20H19N5O3/c1-20(2)14(15(20)19(27)28)18(26)22-13-5-3-11(4-6-13)16-23-17(25-24-16)12-7-9-21-10-8-12/h3-10,14-15H,1-2H3,(H,22,26)(H,27,28)(H,23,24,25). The van der Waals surface area contributed by atoms with E-state index in [0.717, 1.165) is 11.1 Å². The van der Waals surface area contributed by atoms with Gasteiger partial charge in [0.15, 0.2) is 11.6 Å². The van der Waals surface area contributed by atoms with Crippen LogP contribution in [0.25, 0.3) is 22.8 Å². The minimum atomic E-state index is -0.935. The number of H-pyrrole nitrogens is 1. The number of amides is 1. The van der Waals surface area contributed by atoms with E-state index in [-0.39, 0.29) is 5.91 Å². The van der Waals surface area contributed by atoms with Gasteiger partial charge in [-0.1, -0.05) is 13.8 Å². The molecule has 0 radical (unpaired) electrons. The quantitative estimate of drug-likeness (QED) is 0.629. The van der Waals surface area contributed by atoms with Crippen molar-refractivity contribution in [2.75, 3.05) is 5.32 Å². The van der Waals surface area contributed by atoms with Crippen LogP contribution in [0.15, 0.2) is 48.8 Å². The molecule has 4 rings (SSSR count). The molecule has 28 heavy (non-hydrogen) atoms. The average molecular weight is 377 g/mol. The molecule has 2 aromatic heterocycles. The van der Waals surface area contributed by atoms with Crippen molar-refractivity contribution in [3.63, 3.8) is 0 Å². The predicted octanol–water partition coefficient (Wildman–Crippen LogP) is 2.83. The van der Waals surface area contributed by atoms with Crippen molar-refractivity contribution >= 4 is 17.6 Å². The zero-order valence-electron chi connectivity index (χ0n) is 15.4. The first kappa shape index (κ1) is 17.8. The maximum atomic E-state index is 12.4. The molecule has 1 aliphatic carbocycles. The molecule has 2 unspecified atom stereocenters. The first-order chi connectivity index (χ1) is 13.4. The molecule has 1 amide bonds. The highest BCUT2D eigenvalue weighted by Gasteiger charge is 2.65. The second-order valence-electron chi connectivity index (χ2n) is 7.43. The maximum absolute atomic E-state index is 12.4. The predicted molar refractivity (Wildman–Crippen MR) is 102 cm³/mol. The van der Waals surface area contributed by atoms with Crippen LogP contribution in [-0.2, 0) is 9.59 Å². The van der Waals surface area contributed by atoms with Crippen LogP contribution < -0.4 is 5.32 Å². The zero-order valence-corrected chi connectivity index (χ0v) is 15.4. The van der Waals surface area contributed by atoms with Gasteiger partial charge in [0.1, 0.15) is 0 Å². The molecule has 8 heteroatoms. The Morgan fingerprint density at radius 2 is 1.71 bits per heavy atom. The minimum Gasteiger partial charge on any atom is -0.481 e. The number of carboxylic acids is 1. The number of aromatic amines is 1. The lowest BCUT2D eigenvalue weighted by Crippen LogP contribution is -2.17. The number of pyridine rings is 1. The summed E-state index contributed by atoms with van der Waals surface area (Å²) in [6.07, 6.45) is 3.37. The topological polar surface area (TPSA) is 121 Å². The third-order valence-electron chi connectivity index (χ3n) is 5.23. The van der Waals surface area contributed by atoms with E-state index in [9.17, 15) is 14.7 Å². The van der Waals surface area contributed by atoms with Crippen LogP contribution in [0.4, 0.5) is 5.69 Å². The van der Waals surface area contributed by atoms with E-state index in [2.05, 4.69) is 25.5 Å². The van der Waals surface area contributed by atoms with Gasteiger partial charge in [0.25, 0.3) is 0 Å². The highest BCUT2D eigenvalue weighted by molar-refractivity contribution is 5.99. The van der Waals surface area contributed by atoms with Crippen molar-refractivity contribution < 1.29 is 14.7 Å². The SMILES string of the molecule is CC1(C)C(C(=O)O)C1C(=O)Nc1ccc(-c2n[nH]c(-c3ccncc3)n2)cc1. The fourth-order valence-electron chi connectivity index (χ4n) is 3.54. The Morgan fingerprint density at radius 1 is 1.04 bits per heavy atom. The van der Waals surface area contributed by atoms with Crippen LogP contribution in [0.2, 0.25) is 0 Å². The second kappa shape index (κ2) is 6.56. The zero-order chi connectivity index (χ0) is 19.9. The number of aliphatic carboxylic acids is 1. The number of carbonyl (C=O) groups is 2. The lowest BCUT2D eigenvalue weighted by molar-refractivity contribution is -0.140. The number of carboxylic acid groups (broad SMARTS) is 1. The summed E-state index contributed by atoms with van der Waals surface area (Å²) >= 11 is 0. The fourth-order valence-corrected chi connectivity index (χ4v) is 3.54. The van der Waals surface area contributed by atoms with Gasteiger partial charge in [0, 0.05) is 29.2 Å². The summed E-state index contributed by atoms with van der Waals surface area (Å²) in [4.78, 5) is 32.1. The van der Waals surface area contributed by atoms with Crippen LogP contribution in [-0.4, -0.2) is 37.1 Å². The molecule has 3 N–H and O–H groups in total. The van der Waals surface area contributed by atoms with Gasteiger partial charge in [-0.3, -0.25) is 19.7 Å². The van der Waals surface area contributed by atoms with E-state index in [4.69, 9.17) is 0 Å². The summed E-state index contributed by atoms with van der Waals surface area (Å²) in [6.45, 7) is 3.59. The summed E-state index contributed by atoms with van der Waals surface area (Å²) < 4.78 is 0. The first-order valence-corrected chi connectivity index (χ1v) is 8.85. The van der Waals surface area contributed by atoms with Gasteiger partial charge >= 0.3 is 5.97 Å². The van der Waals surface area contributed by atoms with E-state index in [0.29, 0.717) is 17.3 Å². The molecule has 0 spiro atoms. The lowest BCUT2D eigenvalue weighted by Gasteiger charge is -2.06. The molecule has 0 bridgehead atoms. The molecule has 1 aromatic carbocycles. The van der Waals surface area contributed by atoms with Gasteiger partial charge in [0.05, 0.1) is 11.8 Å². The van der Waals surface area contributed by atoms with Gasteiger partial charge in [-0.2, -0.15) is 5.10 Å². The maximum Gasteiger partial charge on any atom is 0.307 e. The summed E-state index contributed by atoms with van der Waals surface area (Å²) in [5.74, 6) is -1.20. The Balaban J connectivity index is 1.46. The third-order valence-corrected chi connectivity index (χ3v) is 5.23. The molecule has 2 heterocycles. The van der Waals surface area contributed by atoms with Gasteiger partial charge in [0.2, 0.25) is 5.91 Å². The molecular formula is C20H19N5O3. The number of carbonyl (C=O) groups excluding carboxylic acids is 1. The third kappa shape index (κ3) is 3.13. The van der Waals surface area contributed by atoms with E-state index in [1.54, 1.807) is 38.4 Å². The summed E-state index contributed by atoms with van der Waals surface area (Å²) in [5.41, 5.74) is 1.76. The summed E-state index contributed by atoms with van der Waals surface area (Å²) in [6, 6.07) is 10.8. The number of nitrogens with one attached hydrogen (secondary N) is 2. The Morgan fingerprint density at radius 3 is 2.32 bits per heavy atom. The first-order valence-electron chi connectivity index (χ1n) is 8.85. The molecule has 2 atom stereocenters. The van der Waals surface area contributed by atoms with Crippen molar-refractivity contribution in [1.82, 2.24) is 20.2 Å². The van der Waals surface area contributed by atoms with E-state index in [1.807, 2.05) is 24.3 Å². The summed E-state index contributed by atoms with van der Waals surface area (Å²) in [5, 5.41) is 19.1. The fraction of sp³-hybridized carbons (Fsp3) is 0.250. The van der Waals surface area contributed by atoms with Gasteiger partial charge < -0.3 is 10.4 Å². The number of anilines is 1. The molecule has 1 aliphatic rings. The van der Waals surface area contributed by atoms with Crippen molar-refractivity contribution in [3.8, 4) is 22.8 Å². The highest BCUT2D eigenvalue weighted by Crippen LogP contribution is 2.58. The molecule has 0 aliphatic heterocycles. The smallest absolute Gasteiger partial charge is 0.307 e. The highest BCUT2D eigenvalue weighted by atomic mass is 16.4. The number of rotatable bonds is 5. The van der Waals surface area contributed by atoms with Crippen molar-refractivity contribution in [2.45, 2.75) is 13.8 Å². The van der Waals surface area contributed by atoms with Gasteiger partial charge in [-0.25, -0.2) is 4.98 Å². The molecule has 1 fully saturated rings. The molecule has 142 valence electrons. The Hall–Kier alpha value is -3.55. The largest absolute Gasteiger partial charge is 0.481 e. The van der Waals surface area contributed by atoms with E-state index >= 15 is 0 Å². The molecule has 1 saturated carbocycles. The number of nitrogens with zero attached hydrogens (tertiary/aromatic N) is 3. The molecule has 3 aromatic rings. The Labute approximate surface area is 161 Å². The van der Waals surface area contributed by atoms with E-state index < -0.39 is 23.2 Å². The molecule has 0 saturated heterocycles. The Kier molecular flexibility index (Phi) is 4.18. The Bertz CT molecular complexity index is 1030. The van der Waals surface area contributed by atoms with Crippen molar-refractivity contribution in [2.24, 2.45) is 17.3 Å². The van der Waals surface area contributed by atoms with Crippen molar-refractivity contribution in [1.29, 1.82) is 0 Å². The number of hydrogen-bond donors (Lipinski definition) is 3. The normalized spacial score (nSPS) is 19.8. The second-order valence-corrected chi connectivity index (χ2v) is 7.43.